The van der Waals surface area contributed by atoms with Crippen LogP contribution < -0.4 is 5.32 Å². The Hall–Kier alpha value is -1.20. The Balaban J connectivity index is 0.00000245. The van der Waals surface area contributed by atoms with Gasteiger partial charge >= 0.3 is 0 Å². The molecule has 176 valence electrons. The number of rotatable bonds is 7. The molecule has 5 aliphatic rings. The lowest BCUT2D eigenvalue weighted by molar-refractivity contribution is -0.116. The standard InChI is InChI=1S/C26H37N3OS.ClH/c1-3-4-9-29-23(13-24(30)27-22-7-5-18(2)6-8-22)17-31-25(29)28-26-14-19-10-20(15-26)12-21(11-19)16-26;/h5-8,19-21,23H,3-4,9-17H2,1-2H3,(H,27,30);1H/b28-25-;. The molecule has 4 aliphatic carbocycles. The van der Waals surface area contributed by atoms with Gasteiger partial charge in [-0.1, -0.05) is 42.8 Å². The molecule has 0 aromatic heterocycles. The van der Waals surface area contributed by atoms with Crippen molar-refractivity contribution < 1.29 is 4.79 Å². The quantitative estimate of drug-likeness (QED) is 0.504. The zero-order valence-electron chi connectivity index (χ0n) is 19.5. The average Bonchev–Trinajstić information content (AvgIpc) is 3.07. The summed E-state index contributed by atoms with van der Waals surface area (Å²) in [6.45, 7) is 5.34. The van der Waals surface area contributed by atoms with E-state index in [0.29, 0.717) is 6.42 Å². The van der Waals surface area contributed by atoms with Gasteiger partial charge in [-0.05, 0) is 81.8 Å². The van der Waals surface area contributed by atoms with E-state index in [-0.39, 0.29) is 29.9 Å². The smallest absolute Gasteiger partial charge is 0.226 e. The van der Waals surface area contributed by atoms with E-state index in [1.165, 1.54) is 55.7 Å². The van der Waals surface area contributed by atoms with E-state index in [2.05, 4.69) is 24.1 Å². The average molecular weight is 476 g/mol. The number of thioether (sulfide) groups is 1. The lowest BCUT2D eigenvalue weighted by atomic mass is 9.53. The molecule has 4 saturated carbocycles. The number of carbonyl (C=O) groups is 1. The molecule has 1 atom stereocenters. The summed E-state index contributed by atoms with van der Waals surface area (Å²) in [5.74, 6) is 3.86. The zero-order chi connectivity index (χ0) is 21.4. The van der Waals surface area contributed by atoms with Gasteiger partial charge in [0.2, 0.25) is 5.91 Å². The molecule has 1 aliphatic heterocycles. The van der Waals surface area contributed by atoms with Gasteiger partial charge in [-0.3, -0.25) is 9.79 Å². The fraction of sp³-hybridized carbons (Fsp3) is 0.692. The van der Waals surface area contributed by atoms with E-state index in [9.17, 15) is 4.79 Å². The molecule has 6 heteroatoms. The third-order valence-electron chi connectivity index (χ3n) is 7.94. The minimum atomic E-state index is 0. The van der Waals surface area contributed by atoms with Gasteiger partial charge in [0.15, 0.2) is 5.17 Å². The Labute approximate surface area is 203 Å². The number of aryl methyl sites for hydroxylation is 1. The largest absolute Gasteiger partial charge is 0.347 e. The molecule has 1 saturated heterocycles. The number of carbonyl (C=O) groups excluding carboxylic acids is 1. The van der Waals surface area contributed by atoms with E-state index in [4.69, 9.17) is 4.99 Å². The second-order valence-corrected chi connectivity index (χ2v) is 11.7. The maximum Gasteiger partial charge on any atom is 0.226 e. The summed E-state index contributed by atoms with van der Waals surface area (Å²) in [7, 11) is 0. The zero-order valence-corrected chi connectivity index (χ0v) is 21.1. The highest BCUT2D eigenvalue weighted by Crippen LogP contribution is 2.57. The van der Waals surface area contributed by atoms with Crippen LogP contribution in [0.15, 0.2) is 29.3 Å². The van der Waals surface area contributed by atoms with Crippen LogP contribution in [0, 0.1) is 24.7 Å². The van der Waals surface area contributed by atoms with E-state index in [1.807, 2.05) is 36.0 Å². The summed E-state index contributed by atoms with van der Waals surface area (Å²) < 4.78 is 0. The second kappa shape index (κ2) is 9.97. The molecule has 0 spiro atoms. The molecule has 1 heterocycles. The van der Waals surface area contributed by atoms with Gasteiger partial charge in [0, 0.05) is 30.4 Å². The van der Waals surface area contributed by atoms with Crippen molar-refractivity contribution in [3.8, 4) is 0 Å². The van der Waals surface area contributed by atoms with E-state index in [0.717, 1.165) is 42.2 Å². The molecular weight excluding hydrogens is 438 g/mol. The van der Waals surface area contributed by atoms with Crippen molar-refractivity contribution in [1.82, 2.24) is 4.90 Å². The number of anilines is 1. The maximum atomic E-state index is 12.8. The van der Waals surface area contributed by atoms with Gasteiger partial charge in [0.25, 0.3) is 0 Å². The summed E-state index contributed by atoms with van der Waals surface area (Å²) in [6.07, 6.45) is 11.2. The summed E-state index contributed by atoms with van der Waals surface area (Å²) in [4.78, 5) is 20.8. The lowest BCUT2D eigenvalue weighted by Crippen LogP contribution is -2.50. The van der Waals surface area contributed by atoms with Crippen LogP contribution in [-0.2, 0) is 4.79 Å². The number of amidine groups is 1. The molecular formula is C26H38ClN3OS. The van der Waals surface area contributed by atoms with Gasteiger partial charge in [0.1, 0.15) is 0 Å². The molecule has 1 unspecified atom stereocenters. The van der Waals surface area contributed by atoms with Crippen LogP contribution in [0.1, 0.15) is 70.3 Å². The minimum absolute atomic E-state index is 0. The van der Waals surface area contributed by atoms with Crippen molar-refractivity contribution in [2.45, 2.75) is 83.2 Å². The van der Waals surface area contributed by atoms with Crippen LogP contribution in [0.25, 0.3) is 0 Å². The normalized spacial score (nSPS) is 34.1. The van der Waals surface area contributed by atoms with Crippen LogP contribution in [0.2, 0.25) is 0 Å². The second-order valence-electron chi connectivity index (χ2n) is 10.7. The summed E-state index contributed by atoms with van der Waals surface area (Å²) in [5.41, 5.74) is 2.31. The van der Waals surface area contributed by atoms with Crippen molar-refractivity contribution in [1.29, 1.82) is 0 Å². The first-order valence-electron chi connectivity index (χ1n) is 12.4. The first-order chi connectivity index (χ1) is 15.0. The fourth-order valence-corrected chi connectivity index (χ4v) is 8.14. The first-order valence-corrected chi connectivity index (χ1v) is 13.4. The maximum absolute atomic E-state index is 12.8. The number of halogens is 1. The number of hydrogen-bond donors (Lipinski definition) is 1. The Morgan fingerprint density at radius 3 is 2.34 bits per heavy atom. The fourth-order valence-electron chi connectivity index (χ4n) is 6.84. The highest BCUT2D eigenvalue weighted by Gasteiger charge is 2.51. The van der Waals surface area contributed by atoms with Gasteiger partial charge in [-0.15, -0.1) is 12.4 Å². The predicted molar refractivity (Wildman–Crippen MR) is 138 cm³/mol. The number of benzene rings is 1. The molecule has 1 aromatic rings. The van der Waals surface area contributed by atoms with Crippen molar-refractivity contribution >= 4 is 40.9 Å². The number of nitrogens with one attached hydrogen (secondary N) is 1. The summed E-state index contributed by atoms with van der Waals surface area (Å²) in [5, 5.41) is 4.34. The Kier molecular flexibility index (Phi) is 7.46. The van der Waals surface area contributed by atoms with E-state index >= 15 is 0 Å². The number of hydrogen-bond acceptors (Lipinski definition) is 3. The molecule has 32 heavy (non-hydrogen) atoms. The molecule has 4 nitrogen and oxygen atoms in total. The number of nitrogens with zero attached hydrogens (tertiary/aromatic N) is 2. The Bertz CT molecular complexity index is 805. The van der Waals surface area contributed by atoms with Crippen molar-refractivity contribution in [2.75, 3.05) is 17.6 Å². The van der Waals surface area contributed by atoms with Gasteiger partial charge < -0.3 is 10.2 Å². The van der Waals surface area contributed by atoms with Crippen LogP contribution in [0.4, 0.5) is 5.69 Å². The molecule has 6 rings (SSSR count). The first kappa shape index (κ1) is 23.9. The third-order valence-corrected chi connectivity index (χ3v) is 9.07. The molecule has 1 amide bonds. The summed E-state index contributed by atoms with van der Waals surface area (Å²) >= 11 is 1.90. The molecule has 5 fully saturated rings. The van der Waals surface area contributed by atoms with Crippen molar-refractivity contribution in [3.05, 3.63) is 29.8 Å². The Morgan fingerprint density at radius 2 is 1.75 bits per heavy atom. The van der Waals surface area contributed by atoms with Gasteiger partial charge in [-0.25, -0.2) is 0 Å². The van der Waals surface area contributed by atoms with Gasteiger partial charge in [-0.2, -0.15) is 0 Å². The van der Waals surface area contributed by atoms with Crippen LogP contribution >= 0.6 is 24.2 Å². The lowest BCUT2D eigenvalue weighted by Gasteiger charge is -2.55. The van der Waals surface area contributed by atoms with Gasteiger partial charge in [0.05, 0.1) is 5.54 Å². The topological polar surface area (TPSA) is 44.7 Å². The number of unbranched alkanes of at least 4 members (excludes halogenated alkanes) is 1. The SMILES string of the molecule is CCCCN1/C(=N/C23CC4CC(CC(C4)C2)C3)SCC1CC(=O)Nc1ccc(C)cc1.Cl. The molecule has 4 bridgehead atoms. The summed E-state index contributed by atoms with van der Waals surface area (Å²) in [6, 6.07) is 8.33. The number of amides is 1. The van der Waals surface area contributed by atoms with E-state index in [1.54, 1.807) is 0 Å². The molecule has 1 N–H and O–H groups in total. The van der Waals surface area contributed by atoms with Crippen molar-refractivity contribution in [2.24, 2.45) is 22.7 Å². The predicted octanol–water partition coefficient (Wildman–Crippen LogP) is 6.29. The molecule has 0 radical (unpaired) electrons. The van der Waals surface area contributed by atoms with E-state index < -0.39 is 0 Å². The Morgan fingerprint density at radius 1 is 1.12 bits per heavy atom. The van der Waals surface area contributed by atoms with Crippen LogP contribution in [0.3, 0.4) is 0 Å². The van der Waals surface area contributed by atoms with Crippen molar-refractivity contribution in [3.63, 3.8) is 0 Å². The highest BCUT2D eigenvalue weighted by molar-refractivity contribution is 8.14. The molecule has 1 aromatic carbocycles. The number of aliphatic imine (C=N–C) groups is 1. The van der Waals surface area contributed by atoms with Crippen LogP contribution in [0.5, 0.6) is 0 Å². The monoisotopic (exact) mass is 475 g/mol. The highest BCUT2D eigenvalue weighted by atomic mass is 35.5. The minimum Gasteiger partial charge on any atom is -0.347 e. The third kappa shape index (κ3) is 5.14. The van der Waals surface area contributed by atoms with Crippen LogP contribution in [-0.4, -0.2) is 39.9 Å².